The molecule has 4 N–H and O–H groups in total. The van der Waals surface area contributed by atoms with Gasteiger partial charge in [-0.05, 0) is 19.3 Å². The fraction of sp³-hybridized carbons (Fsp3) is 0.889. The number of hydrogen-bond donors (Lipinski definition) is 2. The molecule has 0 bridgehead atoms. The van der Waals surface area contributed by atoms with E-state index in [0.29, 0.717) is 26.0 Å². The summed E-state index contributed by atoms with van der Waals surface area (Å²) in [5.74, 6) is -0.281. The van der Waals surface area contributed by atoms with Gasteiger partial charge in [-0.2, -0.15) is 0 Å². The summed E-state index contributed by atoms with van der Waals surface area (Å²) in [7, 11) is 0. The van der Waals surface area contributed by atoms with Crippen LogP contribution in [0.15, 0.2) is 0 Å². The fourth-order valence-electron chi connectivity index (χ4n) is 1.79. The van der Waals surface area contributed by atoms with Crippen LogP contribution < -0.4 is 11.5 Å². The Kier molecular flexibility index (Phi) is 3.27. The van der Waals surface area contributed by atoms with Crippen molar-refractivity contribution in [3.05, 3.63) is 0 Å². The Labute approximate surface area is 78.6 Å². The maximum absolute atomic E-state index is 11.3. The molecule has 1 rings (SSSR count). The van der Waals surface area contributed by atoms with E-state index in [1.165, 1.54) is 0 Å². The normalized spacial score (nSPS) is 34.5. The highest BCUT2D eigenvalue weighted by Gasteiger charge is 2.40. The van der Waals surface area contributed by atoms with Crippen molar-refractivity contribution in [1.29, 1.82) is 0 Å². The Morgan fingerprint density at radius 1 is 1.69 bits per heavy atom. The summed E-state index contributed by atoms with van der Waals surface area (Å²) in [5.41, 5.74) is 10.4. The van der Waals surface area contributed by atoms with Gasteiger partial charge < -0.3 is 16.2 Å². The van der Waals surface area contributed by atoms with Crippen LogP contribution in [-0.2, 0) is 9.53 Å². The first-order valence-corrected chi connectivity index (χ1v) is 4.76. The monoisotopic (exact) mass is 186 g/mol. The molecule has 1 heterocycles. The second-order valence-corrected chi connectivity index (χ2v) is 3.70. The van der Waals surface area contributed by atoms with E-state index in [1.807, 2.05) is 6.92 Å². The summed E-state index contributed by atoms with van der Waals surface area (Å²) in [6.07, 6.45) is 2.39. The molecule has 1 aliphatic rings. The Bertz CT molecular complexity index is 196. The maximum atomic E-state index is 11.3. The zero-order valence-electron chi connectivity index (χ0n) is 8.08. The molecule has 76 valence electrons. The van der Waals surface area contributed by atoms with Crippen molar-refractivity contribution in [3.8, 4) is 0 Å². The second kappa shape index (κ2) is 4.07. The third-order valence-electron chi connectivity index (χ3n) is 2.92. The molecule has 2 unspecified atom stereocenters. The number of rotatable bonds is 3. The quantitative estimate of drug-likeness (QED) is 0.651. The first-order chi connectivity index (χ1) is 6.14. The lowest BCUT2D eigenvalue weighted by molar-refractivity contribution is -0.136. The van der Waals surface area contributed by atoms with Crippen LogP contribution in [0.5, 0.6) is 0 Å². The highest BCUT2D eigenvalue weighted by atomic mass is 16.5. The zero-order chi connectivity index (χ0) is 9.90. The number of ether oxygens (including phenoxy) is 1. The SMILES string of the molecule is CCC1CC(CN)(C(N)=O)CCO1. The molecule has 4 heteroatoms. The van der Waals surface area contributed by atoms with Gasteiger partial charge in [-0.25, -0.2) is 0 Å². The van der Waals surface area contributed by atoms with Crippen LogP contribution in [0.2, 0.25) is 0 Å². The van der Waals surface area contributed by atoms with Crippen LogP contribution >= 0.6 is 0 Å². The first kappa shape index (κ1) is 10.5. The minimum atomic E-state index is -0.515. The van der Waals surface area contributed by atoms with Gasteiger partial charge in [0.2, 0.25) is 5.91 Å². The summed E-state index contributed by atoms with van der Waals surface area (Å²) in [4.78, 5) is 11.3. The molecule has 1 saturated heterocycles. The predicted octanol–water partition coefficient (Wildman–Crippen LogP) is 0.00580. The van der Waals surface area contributed by atoms with Gasteiger partial charge in [0.15, 0.2) is 0 Å². The maximum Gasteiger partial charge on any atom is 0.225 e. The zero-order valence-corrected chi connectivity index (χ0v) is 8.08. The average Bonchev–Trinajstić information content (AvgIpc) is 2.17. The molecule has 1 fully saturated rings. The van der Waals surface area contributed by atoms with Crippen LogP contribution in [0.3, 0.4) is 0 Å². The standard InChI is InChI=1S/C9H18N2O2/c1-2-7-5-9(6-10,8(11)12)3-4-13-7/h7H,2-6,10H2,1H3,(H2,11,12). The number of primary amides is 1. The van der Waals surface area contributed by atoms with Crippen LogP contribution in [0, 0.1) is 5.41 Å². The lowest BCUT2D eigenvalue weighted by Crippen LogP contribution is -2.49. The van der Waals surface area contributed by atoms with Crippen molar-refractivity contribution >= 4 is 5.91 Å². The minimum Gasteiger partial charge on any atom is -0.378 e. The number of hydrogen-bond acceptors (Lipinski definition) is 3. The van der Waals surface area contributed by atoms with E-state index in [4.69, 9.17) is 16.2 Å². The number of nitrogens with two attached hydrogens (primary N) is 2. The summed E-state index contributed by atoms with van der Waals surface area (Å²) in [5, 5.41) is 0. The van der Waals surface area contributed by atoms with Crippen molar-refractivity contribution < 1.29 is 9.53 Å². The molecule has 0 aromatic heterocycles. The van der Waals surface area contributed by atoms with E-state index in [2.05, 4.69) is 0 Å². The number of carbonyl (C=O) groups excluding carboxylic acids is 1. The Morgan fingerprint density at radius 2 is 2.38 bits per heavy atom. The fourth-order valence-corrected chi connectivity index (χ4v) is 1.79. The third-order valence-corrected chi connectivity index (χ3v) is 2.92. The topological polar surface area (TPSA) is 78.3 Å². The summed E-state index contributed by atoms with van der Waals surface area (Å²) < 4.78 is 5.47. The van der Waals surface area contributed by atoms with Crippen molar-refractivity contribution in [2.75, 3.05) is 13.2 Å². The Hall–Kier alpha value is -0.610. The molecule has 0 spiro atoms. The highest BCUT2D eigenvalue weighted by molar-refractivity contribution is 5.81. The average molecular weight is 186 g/mol. The number of carbonyl (C=O) groups is 1. The van der Waals surface area contributed by atoms with Crippen molar-refractivity contribution in [1.82, 2.24) is 0 Å². The van der Waals surface area contributed by atoms with Gasteiger partial charge >= 0.3 is 0 Å². The molecule has 0 aromatic rings. The lowest BCUT2D eigenvalue weighted by atomic mass is 9.76. The third kappa shape index (κ3) is 2.00. The predicted molar refractivity (Wildman–Crippen MR) is 49.9 cm³/mol. The lowest BCUT2D eigenvalue weighted by Gasteiger charge is -2.37. The van der Waals surface area contributed by atoms with E-state index < -0.39 is 5.41 Å². The van der Waals surface area contributed by atoms with Gasteiger partial charge in [-0.3, -0.25) is 4.79 Å². The van der Waals surface area contributed by atoms with Crippen molar-refractivity contribution in [2.45, 2.75) is 32.3 Å². The number of amides is 1. The van der Waals surface area contributed by atoms with Gasteiger partial charge in [0.05, 0.1) is 11.5 Å². The molecule has 1 amide bonds. The van der Waals surface area contributed by atoms with Crippen LogP contribution in [0.1, 0.15) is 26.2 Å². The first-order valence-electron chi connectivity index (χ1n) is 4.76. The molecular formula is C9H18N2O2. The van der Waals surface area contributed by atoms with E-state index in [-0.39, 0.29) is 12.0 Å². The smallest absolute Gasteiger partial charge is 0.225 e. The van der Waals surface area contributed by atoms with Crippen LogP contribution in [0.25, 0.3) is 0 Å². The molecular weight excluding hydrogens is 168 g/mol. The Morgan fingerprint density at radius 3 is 2.85 bits per heavy atom. The molecule has 0 radical (unpaired) electrons. The van der Waals surface area contributed by atoms with Gasteiger partial charge in [-0.1, -0.05) is 6.92 Å². The van der Waals surface area contributed by atoms with Gasteiger partial charge in [0.25, 0.3) is 0 Å². The van der Waals surface area contributed by atoms with Gasteiger partial charge in [0.1, 0.15) is 0 Å². The molecule has 4 nitrogen and oxygen atoms in total. The molecule has 0 aromatic carbocycles. The molecule has 0 saturated carbocycles. The summed E-state index contributed by atoms with van der Waals surface area (Å²) in [6, 6.07) is 0. The van der Waals surface area contributed by atoms with Crippen LogP contribution in [0.4, 0.5) is 0 Å². The van der Waals surface area contributed by atoms with Gasteiger partial charge in [0, 0.05) is 13.2 Å². The van der Waals surface area contributed by atoms with E-state index >= 15 is 0 Å². The second-order valence-electron chi connectivity index (χ2n) is 3.70. The largest absolute Gasteiger partial charge is 0.378 e. The molecule has 1 aliphatic heterocycles. The van der Waals surface area contributed by atoms with Crippen molar-refractivity contribution in [3.63, 3.8) is 0 Å². The van der Waals surface area contributed by atoms with E-state index in [0.717, 1.165) is 6.42 Å². The van der Waals surface area contributed by atoms with E-state index in [9.17, 15) is 4.79 Å². The minimum absolute atomic E-state index is 0.143. The van der Waals surface area contributed by atoms with Crippen LogP contribution in [-0.4, -0.2) is 25.2 Å². The molecule has 13 heavy (non-hydrogen) atoms. The summed E-state index contributed by atoms with van der Waals surface area (Å²) >= 11 is 0. The van der Waals surface area contributed by atoms with Crippen molar-refractivity contribution in [2.24, 2.45) is 16.9 Å². The van der Waals surface area contributed by atoms with E-state index in [1.54, 1.807) is 0 Å². The highest BCUT2D eigenvalue weighted by Crippen LogP contribution is 2.33. The van der Waals surface area contributed by atoms with Gasteiger partial charge in [-0.15, -0.1) is 0 Å². The summed E-state index contributed by atoms with van der Waals surface area (Å²) in [6.45, 7) is 2.97. The molecule has 0 aliphatic carbocycles. The Balaban J connectivity index is 2.69. The molecule has 2 atom stereocenters.